The minimum Gasteiger partial charge on any atom is -0.382 e. The third kappa shape index (κ3) is 14.1. The van der Waals surface area contributed by atoms with Crippen LogP contribution in [0, 0.1) is 5.41 Å². The van der Waals surface area contributed by atoms with E-state index < -0.39 is 0 Å². The standard InChI is InChI=1S/C15H33NO3/c1-14(2,3)16-12-15(4,5)13-19-9-7-8-18-11-10-17-6/h16H,7-13H2,1-6H3. The highest BCUT2D eigenvalue weighted by atomic mass is 16.5. The zero-order valence-electron chi connectivity index (χ0n) is 13.7. The molecule has 0 heterocycles. The summed E-state index contributed by atoms with van der Waals surface area (Å²) in [4.78, 5) is 0. The average molecular weight is 275 g/mol. The van der Waals surface area contributed by atoms with Crippen LogP contribution in [0.25, 0.3) is 0 Å². The normalized spacial score (nSPS) is 12.9. The van der Waals surface area contributed by atoms with Gasteiger partial charge in [0, 0.05) is 37.8 Å². The summed E-state index contributed by atoms with van der Waals surface area (Å²) in [6.45, 7) is 15.5. The molecule has 0 spiro atoms. The van der Waals surface area contributed by atoms with E-state index in [9.17, 15) is 0 Å². The summed E-state index contributed by atoms with van der Waals surface area (Å²) in [7, 11) is 1.68. The number of hydrogen-bond donors (Lipinski definition) is 1. The molecule has 1 N–H and O–H groups in total. The van der Waals surface area contributed by atoms with Gasteiger partial charge in [-0.1, -0.05) is 13.8 Å². The lowest BCUT2D eigenvalue weighted by atomic mass is 9.93. The first-order chi connectivity index (χ1) is 8.77. The maximum atomic E-state index is 5.72. The Morgan fingerprint density at radius 3 is 2.05 bits per heavy atom. The van der Waals surface area contributed by atoms with Crippen LogP contribution in [0.5, 0.6) is 0 Å². The highest BCUT2D eigenvalue weighted by Gasteiger charge is 2.20. The molecule has 0 amide bonds. The summed E-state index contributed by atoms with van der Waals surface area (Å²) < 4.78 is 16.0. The van der Waals surface area contributed by atoms with Crippen molar-refractivity contribution in [3.63, 3.8) is 0 Å². The van der Waals surface area contributed by atoms with Crippen molar-refractivity contribution in [3.05, 3.63) is 0 Å². The number of rotatable bonds is 11. The third-order valence-corrected chi connectivity index (χ3v) is 2.60. The van der Waals surface area contributed by atoms with Crippen molar-refractivity contribution in [2.75, 3.05) is 46.7 Å². The van der Waals surface area contributed by atoms with Gasteiger partial charge in [-0.05, 0) is 27.2 Å². The second-order valence-corrected chi connectivity index (χ2v) is 6.78. The Morgan fingerprint density at radius 1 is 0.842 bits per heavy atom. The second kappa shape index (κ2) is 9.70. The van der Waals surface area contributed by atoms with Gasteiger partial charge in [0.15, 0.2) is 0 Å². The Bertz CT molecular complexity index is 212. The maximum absolute atomic E-state index is 5.72. The van der Waals surface area contributed by atoms with E-state index >= 15 is 0 Å². The Kier molecular flexibility index (Phi) is 9.62. The summed E-state index contributed by atoms with van der Waals surface area (Å²) in [5.74, 6) is 0. The van der Waals surface area contributed by atoms with E-state index in [0.717, 1.165) is 32.8 Å². The van der Waals surface area contributed by atoms with Crippen LogP contribution in [0.1, 0.15) is 41.0 Å². The molecule has 0 saturated carbocycles. The first-order valence-electron chi connectivity index (χ1n) is 7.16. The summed E-state index contributed by atoms with van der Waals surface area (Å²) in [5, 5.41) is 3.52. The molecule has 0 radical (unpaired) electrons. The molecule has 19 heavy (non-hydrogen) atoms. The fourth-order valence-corrected chi connectivity index (χ4v) is 1.41. The first kappa shape index (κ1) is 18.8. The fourth-order valence-electron chi connectivity index (χ4n) is 1.41. The van der Waals surface area contributed by atoms with Crippen LogP contribution in [0.2, 0.25) is 0 Å². The van der Waals surface area contributed by atoms with Crippen LogP contribution in [0.15, 0.2) is 0 Å². The summed E-state index contributed by atoms with van der Waals surface area (Å²) in [6, 6.07) is 0. The average Bonchev–Trinajstić information content (AvgIpc) is 2.29. The predicted octanol–water partition coefficient (Wildman–Crippen LogP) is 2.47. The first-order valence-corrected chi connectivity index (χ1v) is 7.16. The van der Waals surface area contributed by atoms with Crippen molar-refractivity contribution in [2.24, 2.45) is 5.41 Å². The van der Waals surface area contributed by atoms with Gasteiger partial charge in [0.25, 0.3) is 0 Å². The van der Waals surface area contributed by atoms with Gasteiger partial charge in [0.1, 0.15) is 0 Å². The van der Waals surface area contributed by atoms with Gasteiger partial charge in [-0.2, -0.15) is 0 Å². The van der Waals surface area contributed by atoms with E-state index in [1.54, 1.807) is 7.11 Å². The van der Waals surface area contributed by atoms with Crippen LogP contribution < -0.4 is 5.32 Å². The molecule has 116 valence electrons. The molecule has 0 aromatic rings. The van der Waals surface area contributed by atoms with Gasteiger partial charge in [-0.3, -0.25) is 0 Å². The molecular weight excluding hydrogens is 242 g/mol. The van der Waals surface area contributed by atoms with Crippen molar-refractivity contribution >= 4 is 0 Å². The lowest BCUT2D eigenvalue weighted by Crippen LogP contribution is -2.43. The van der Waals surface area contributed by atoms with E-state index in [4.69, 9.17) is 14.2 Å². The molecule has 4 heteroatoms. The van der Waals surface area contributed by atoms with Crippen LogP contribution in [-0.2, 0) is 14.2 Å². The summed E-state index contributed by atoms with van der Waals surface area (Å²) >= 11 is 0. The molecule has 0 aliphatic heterocycles. The molecule has 0 aliphatic rings. The monoisotopic (exact) mass is 275 g/mol. The van der Waals surface area contributed by atoms with Gasteiger partial charge in [-0.15, -0.1) is 0 Å². The molecule has 0 atom stereocenters. The highest BCUT2D eigenvalue weighted by Crippen LogP contribution is 2.15. The molecule has 0 unspecified atom stereocenters. The topological polar surface area (TPSA) is 39.7 Å². The lowest BCUT2D eigenvalue weighted by molar-refractivity contribution is 0.0296. The SMILES string of the molecule is COCCOCCCOCC(C)(C)CNC(C)(C)C. The van der Waals surface area contributed by atoms with Crippen molar-refractivity contribution < 1.29 is 14.2 Å². The largest absolute Gasteiger partial charge is 0.382 e. The van der Waals surface area contributed by atoms with Gasteiger partial charge >= 0.3 is 0 Å². The Hall–Kier alpha value is -0.160. The molecule has 0 saturated heterocycles. The highest BCUT2D eigenvalue weighted by molar-refractivity contribution is 4.77. The van der Waals surface area contributed by atoms with Gasteiger partial charge < -0.3 is 19.5 Å². The second-order valence-electron chi connectivity index (χ2n) is 6.78. The van der Waals surface area contributed by atoms with Crippen molar-refractivity contribution in [1.82, 2.24) is 5.32 Å². The smallest absolute Gasteiger partial charge is 0.0700 e. The minimum atomic E-state index is 0.157. The Labute approximate surface area is 119 Å². The molecular formula is C15H33NO3. The van der Waals surface area contributed by atoms with E-state index in [2.05, 4.69) is 39.9 Å². The Morgan fingerprint density at radius 2 is 1.47 bits per heavy atom. The van der Waals surface area contributed by atoms with E-state index in [-0.39, 0.29) is 11.0 Å². The molecule has 0 aromatic heterocycles. The number of methoxy groups -OCH3 is 1. The van der Waals surface area contributed by atoms with E-state index in [1.165, 1.54) is 0 Å². The van der Waals surface area contributed by atoms with Crippen molar-refractivity contribution in [3.8, 4) is 0 Å². The Balaban J connectivity index is 3.48. The number of nitrogens with one attached hydrogen (secondary N) is 1. The van der Waals surface area contributed by atoms with Crippen LogP contribution in [0.4, 0.5) is 0 Å². The number of ether oxygens (including phenoxy) is 3. The zero-order chi connectivity index (χ0) is 14.8. The van der Waals surface area contributed by atoms with Gasteiger partial charge in [-0.25, -0.2) is 0 Å². The summed E-state index contributed by atoms with van der Waals surface area (Å²) in [6.07, 6.45) is 0.937. The van der Waals surface area contributed by atoms with Crippen LogP contribution in [0.3, 0.4) is 0 Å². The minimum absolute atomic E-state index is 0.157. The van der Waals surface area contributed by atoms with Crippen LogP contribution >= 0.6 is 0 Å². The molecule has 0 rings (SSSR count). The van der Waals surface area contributed by atoms with Crippen LogP contribution in [-0.4, -0.2) is 52.2 Å². The maximum Gasteiger partial charge on any atom is 0.0700 e. The fraction of sp³-hybridized carbons (Fsp3) is 1.00. The zero-order valence-corrected chi connectivity index (χ0v) is 13.7. The molecule has 0 aliphatic carbocycles. The van der Waals surface area contributed by atoms with Gasteiger partial charge in [0.2, 0.25) is 0 Å². The third-order valence-electron chi connectivity index (χ3n) is 2.60. The van der Waals surface area contributed by atoms with Crippen molar-refractivity contribution in [1.29, 1.82) is 0 Å². The molecule has 4 nitrogen and oxygen atoms in total. The van der Waals surface area contributed by atoms with Crippen molar-refractivity contribution in [2.45, 2.75) is 46.6 Å². The predicted molar refractivity (Wildman–Crippen MR) is 79.7 cm³/mol. The molecule has 0 aromatic carbocycles. The molecule has 0 fully saturated rings. The lowest BCUT2D eigenvalue weighted by Gasteiger charge is -2.30. The quantitative estimate of drug-likeness (QED) is 0.588. The number of hydrogen-bond acceptors (Lipinski definition) is 4. The molecule has 0 bridgehead atoms. The van der Waals surface area contributed by atoms with E-state index in [0.29, 0.717) is 13.2 Å². The van der Waals surface area contributed by atoms with E-state index in [1.807, 2.05) is 0 Å². The van der Waals surface area contributed by atoms with Gasteiger partial charge in [0.05, 0.1) is 19.8 Å². The summed E-state index contributed by atoms with van der Waals surface area (Å²) in [5.41, 5.74) is 0.316.